The van der Waals surface area contributed by atoms with Crippen molar-refractivity contribution in [3.05, 3.63) is 0 Å². The molecule has 5 aliphatic rings. The second kappa shape index (κ2) is 25.5. The van der Waals surface area contributed by atoms with Crippen LogP contribution in [0.2, 0.25) is 0 Å². The number of aliphatic hydroxyl groups is 11. The van der Waals surface area contributed by atoms with Gasteiger partial charge in [0.15, 0.2) is 25.2 Å². The van der Waals surface area contributed by atoms with Crippen molar-refractivity contribution in [1.29, 1.82) is 0 Å². The number of carbonyl (C=O) groups is 5. The summed E-state index contributed by atoms with van der Waals surface area (Å²) in [5.74, 6) is -3.54. The van der Waals surface area contributed by atoms with Crippen molar-refractivity contribution in [2.75, 3.05) is 39.6 Å². The lowest BCUT2D eigenvalue weighted by Crippen LogP contribution is -2.72. The first kappa shape index (κ1) is 57.5. The zero-order chi connectivity index (χ0) is 51.9. The van der Waals surface area contributed by atoms with E-state index in [1.807, 2.05) is 0 Å². The summed E-state index contributed by atoms with van der Waals surface area (Å²) in [6.45, 7) is 0.874. The molecule has 30 heteroatoms. The largest absolute Gasteiger partial charge is 0.394 e. The molecule has 0 spiro atoms. The van der Waals surface area contributed by atoms with Crippen molar-refractivity contribution < 1.29 is 123 Å². The Morgan fingerprint density at radius 3 is 0.943 bits per heavy atom. The summed E-state index contributed by atoms with van der Waals surface area (Å²) in [7, 11) is 0. The van der Waals surface area contributed by atoms with Crippen LogP contribution in [0.1, 0.15) is 34.6 Å². The van der Waals surface area contributed by atoms with Gasteiger partial charge in [0.05, 0.1) is 45.7 Å². The van der Waals surface area contributed by atoms with Crippen LogP contribution in [0.4, 0.5) is 0 Å². The van der Waals surface area contributed by atoms with Crippen LogP contribution in [0.25, 0.3) is 0 Å². The molecule has 5 saturated heterocycles. The first-order valence-electron chi connectivity index (χ1n) is 22.4. The number of carbonyl (C=O) groups excluding carboxylic acids is 5. The molecule has 402 valence electrons. The standard InChI is InChI=1S/C40H67N5O25/c1-12(51)41-17-11-62-19(7-47)33(27(17)56)67-38-24(43-14(3)53)30(59)35(21(9-49)64-38)69-40-26(45-16(5)55)32(61)36(22(10-50)66-40)70-39-25(44-15(4)54)31(60)34(20(8-48)65-39)68-37-23(42-13(2)52)29(58)28(57)18(6-46)63-37/h17-40,46-50,56-61H,6-11H2,1-5H3,(H,41,51)(H,42,52)(H,43,53)(H,44,54)(H,45,55)/t17-,18+,19+,20+,21+,22+,23+,24+,25+,26+,27+,28+,29+,30+,31+,32+,33+,34+,35+,36+,37+,38-,39-,40-/m0/s1. The van der Waals surface area contributed by atoms with E-state index in [1.54, 1.807) is 0 Å². The molecule has 5 aliphatic heterocycles. The summed E-state index contributed by atoms with van der Waals surface area (Å²) in [6, 6.07) is -7.47. The fourth-order valence-corrected chi connectivity index (χ4v) is 9.01. The van der Waals surface area contributed by atoms with Gasteiger partial charge in [0.2, 0.25) is 29.5 Å². The van der Waals surface area contributed by atoms with Crippen LogP contribution in [0, 0.1) is 0 Å². The normalized spacial score (nSPS) is 43.3. The van der Waals surface area contributed by atoms with Gasteiger partial charge in [-0.15, -0.1) is 0 Å². The monoisotopic (exact) mass is 1020 g/mol. The molecule has 30 nitrogen and oxygen atoms in total. The number of ether oxygens (including phenoxy) is 9. The molecular weight excluding hydrogens is 950 g/mol. The highest BCUT2D eigenvalue weighted by Gasteiger charge is 2.57. The molecule has 5 amide bonds. The second-order valence-corrected chi connectivity index (χ2v) is 17.5. The molecule has 0 aromatic rings. The van der Waals surface area contributed by atoms with E-state index in [2.05, 4.69) is 26.6 Å². The van der Waals surface area contributed by atoms with Gasteiger partial charge < -0.3 is 125 Å². The van der Waals surface area contributed by atoms with Gasteiger partial charge in [-0.05, 0) is 0 Å². The first-order valence-corrected chi connectivity index (χ1v) is 22.4. The Morgan fingerprint density at radius 1 is 0.386 bits per heavy atom. The molecule has 0 saturated carbocycles. The maximum Gasteiger partial charge on any atom is 0.217 e. The molecule has 0 radical (unpaired) electrons. The van der Waals surface area contributed by atoms with Crippen LogP contribution >= 0.6 is 0 Å². The van der Waals surface area contributed by atoms with Gasteiger partial charge in [-0.1, -0.05) is 0 Å². The molecule has 0 bridgehead atoms. The summed E-state index contributed by atoms with van der Waals surface area (Å²) in [5, 5.41) is 132. The van der Waals surface area contributed by atoms with E-state index in [0.29, 0.717) is 0 Å². The van der Waals surface area contributed by atoms with E-state index in [1.165, 1.54) is 6.92 Å². The number of hydrogen-bond donors (Lipinski definition) is 16. The highest BCUT2D eigenvalue weighted by molar-refractivity contribution is 5.75. The molecule has 0 aromatic heterocycles. The minimum absolute atomic E-state index is 0.219. The molecule has 0 aromatic carbocycles. The van der Waals surface area contributed by atoms with Crippen LogP contribution in [0.3, 0.4) is 0 Å². The van der Waals surface area contributed by atoms with E-state index in [0.717, 1.165) is 27.7 Å². The zero-order valence-corrected chi connectivity index (χ0v) is 38.7. The highest BCUT2D eigenvalue weighted by Crippen LogP contribution is 2.35. The fourth-order valence-electron chi connectivity index (χ4n) is 9.01. The van der Waals surface area contributed by atoms with Crippen LogP contribution in [0.15, 0.2) is 0 Å². The van der Waals surface area contributed by atoms with Crippen molar-refractivity contribution in [3.63, 3.8) is 0 Å². The lowest BCUT2D eigenvalue weighted by Gasteiger charge is -2.51. The first-order chi connectivity index (χ1) is 33.1. The van der Waals surface area contributed by atoms with Crippen molar-refractivity contribution in [1.82, 2.24) is 26.6 Å². The maximum absolute atomic E-state index is 12.7. The average molecular weight is 1020 g/mol. The molecule has 0 unspecified atom stereocenters. The Hall–Kier alpha value is -3.45. The Labute approximate surface area is 399 Å². The van der Waals surface area contributed by atoms with Gasteiger partial charge in [0.1, 0.15) is 116 Å². The lowest BCUT2D eigenvalue weighted by molar-refractivity contribution is -0.365. The lowest BCUT2D eigenvalue weighted by atomic mass is 9.93. The molecule has 0 aliphatic carbocycles. The van der Waals surface area contributed by atoms with Gasteiger partial charge >= 0.3 is 0 Å². The predicted octanol–water partition coefficient (Wildman–Crippen LogP) is -10.5. The SMILES string of the molecule is CC(=O)N[C@H]1[C@H](O[C@H]2[C@H](O)[C@@H](NC(C)=O)[C@H](O[C@H]3[C@H](O)[C@@H](NC(C)=O)CO[C@@H]3CO)O[C@@H]2CO)O[C@H](CO)[C@@H](O[C@@H]2O[C@H](CO)[C@@H](O[C@H]3O[C@H](CO)[C@@H](O)[C@H](O)[C@H]3NC(C)=O)[C@H](O)[C@H]2NC(C)=O)[C@@H]1O. The molecule has 16 N–H and O–H groups in total. The van der Waals surface area contributed by atoms with E-state index < -0.39 is 209 Å². The van der Waals surface area contributed by atoms with Crippen molar-refractivity contribution >= 4 is 29.5 Å². The van der Waals surface area contributed by atoms with Crippen LogP contribution in [-0.4, -0.2) is 272 Å². The molecular formula is C40H67N5O25. The predicted molar refractivity (Wildman–Crippen MR) is 223 cm³/mol. The topological polar surface area (TPSA) is 451 Å². The zero-order valence-electron chi connectivity index (χ0n) is 38.7. The Morgan fingerprint density at radius 2 is 0.657 bits per heavy atom. The van der Waals surface area contributed by atoms with Crippen LogP contribution < -0.4 is 26.6 Å². The van der Waals surface area contributed by atoms with Crippen molar-refractivity contribution in [3.8, 4) is 0 Å². The van der Waals surface area contributed by atoms with Gasteiger partial charge in [-0.25, -0.2) is 0 Å². The molecule has 5 rings (SSSR count). The fraction of sp³-hybridized carbons (Fsp3) is 0.875. The van der Waals surface area contributed by atoms with Gasteiger partial charge in [0.25, 0.3) is 0 Å². The van der Waals surface area contributed by atoms with Crippen molar-refractivity contribution in [2.45, 2.75) is 182 Å². The summed E-state index contributed by atoms with van der Waals surface area (Å²) in [5.41, 5.74) is 0. The third kappa shape index (κ3) is 13.4. The number of rotatable bonds is 18. The Kier molecular flexibility index (Phi) is 20.9. The highest BCUT2D eigenvalue weighted by atomic mass is 16.8. The molecule has 5 heterocycles. The number of hydrogen-bond acceptors (Lipinski definition) is 25. The smallest absolute Gasteiger partial charge is 0.217 e. The molecule has 70 heavy (non-hydrogen) atoms. The van der Waals surface area contributed by atoms with E-state index in [9.17, 15) is 80.1 Å². The van der Waals surface area contributed by atoms with Crippen molar-refractivity contribution in [2.24, 2.45) is 0 Å². The number of aliphatic hydroxyl groups excluding tert-OH is 11. The summed E-state index contributed by atoms with van der Waals surface area (Å²) in [4.78, 5) is 61.6. The van der Waals surface area contributed by atoms with E-state index in [4.69, 9.17) is 42.6 Å². The van der Waals surface area contributed by atoms with Gasteiger partial charge in [-0.2, -0.15) is 0 Å². The third-order valence-corrected chi connectivity index (χ3v) is 12.3. The van der Waals surface area contributed by atoms with Gasteiger partial charge in [0, 0.05) is 34.6 Å². The van der Waals surface area contributed by atoms with Crippen LogP contribution in [0.5, 0.6) is 0 Å². The summed E-state index contributed by atoms with van der Waals surface area (Å²) >= 11 is 0. The minimum atomic E-state index is -1.98. The molecule has 5 fully saturated rings. The number of amides is 5. The quantitative estimate of drug-likeness (QED) is 0.0606. The van der Waals surface area contributed by atoms with Gasteiger partial charge in [-0.3, -0.25) is 24.0 Å². The summed E-state index contributed by atoms with van der Waals surface area (Å²) < 4.78 is 53.3. The second-order valence-electron chi connectivity index (χ2n) is 17.5. The third-order valence-electron chi connectivity index (χ3n) is 12.3. The van der Waals surface area contributed by atoms with E-state index in [-0.39, 0.29) is 6.61 Å². The van der Waals surface area contributed by atoms with Crippen LogP contribution in [-0.2, 0) is 66.6 Å². The Balaban J connectivity index is 1.39. The Bertz CT molecular complexity index is 1760. The number of nitrogens with one attached hydrogen (secondary N) is 5. The minimum Gasteiger partial charge on any atom is -0.394 e. The summed E-state index contributed by atoms with van der Waals surface area (Å²) in [6.07, 6.45) is -32.1. The maximum atomic E-state index is 12.7. The molecule has 24 atom stereocenters. The van der Waals surface area contributed by atoms with E-state index >= 15 is 0 Å². The average Bonchev–Trinajstić information content (AvgIpc) is 3.29.